The van der Waals surface area contributed by atoms with Crippen molar-refractivity contribution in [2.45, 2.75) is 19.9 Å². The number of benzene rings is 1. The number of carbonyl (C=O) groups is 1. The largest absolute Gasteiger partial charge is 0.396 e. The van der Waals surface area contributed by atoms with Crippen LogP contribution in [0.3, 0.4) is 0 Å². The summed E-state index contributed by atoms with van der Waals surface area (Å²) in [5.74, 6) is 0.213. The summed E-state index contributed by atoms with van der Waals surface area (Å²) >= 11 is 0. The summed E-state index contributed by atoms with van der Waals surface area (Å²) < 4.78 is 0. The Hall–Kier alpha value is -2.15. The lowest BCUT2D eigenvalue weighted by Crippen LogP contribution is -2.37. The first kappa shape index (κ1) is 15.9. The number of nitro groups is 1. The van der Waals surface area contributed by atoms with Gasteiger partial charge in [-0.15, -0.1) is 0 Å². The van der Waals surface area contributed by atoms with E-state index in [9.17, 15) is 14.9 Å². The lowest BCUT2D eigenvalue weighted by atomic mass is 10.1. The van der Waals surface area contributed by atoms with Crippen molar-refractivity contribution in [2.75, 3.05) is 13.2 Å². The molecule has 1 rings (SSSR count). The van der Waals surface area contributed by atoms with Crippen molar-refractivity contribution in [3.63, 3.8) is 0 Å². The third-order valence-corrected chi connectivity index (χ3v) is 2.83. The highest BCUT2D eigenvalue weighted by molar-refractivity contribution is 5.73. The minimum Gasteiger partial charge on any atom is -0.396 e. The maximum Gasteiger partial charge on any atom is 0.315 e. The molecule has 0 saturated carbocycles. The van der Waals surface area contributed by atoms with Crippen LogP contribution in [0.15, 0.2) is 24.3 Å². The van der Waals surface area contributed by atoms with Crippen molar-refractivity contribution < 1.29 is 14.8 Å². The van der Waals surface area contributed by atoms with E-state index in [-0.39, 0.29) is 24.2 Å². The predicted molar refractivity (Wildman–Crippen MR) is 74.2 cm³/mol. The smallest absolute Gasteiger partial charge is 0.315 e. The number of non-ortho nitro benzene ring substituents is 1. The molecule has 1 unspecified atom stereocenters. The molecule has 0 aliphatic heterocycles. The van der Waals surface area contributed by atoms with Crippen molar-refractivity contribution in [3.8, 4) is 0 Å². The van der Waals surface area contributed by atoms with Gasteiger partial charge >= 0.3 is 6.03 Å². The number of aliphatic hydroxyl groups is 1. The molecule has 0 aliphatic carbocycles. The van der Waals surface area contributed by atoms with Crippen molar-refractivity contribution in [2.24, 2.45) is 5.92 Å². The van der Waals surface area contributed by atoms with E-state index in [4.69, 9.17) is 5.11 Å². The lowest BCUT2D eigenvalue weighted by Gasteiger charge is -2.12. The summed E-state index contributed by atoms with van der Waals surface area (Å²) in [6.45, 7) is 2.84. The number of amides is 2. The third-order valence-electron chi connectivity index (χ3n) is 2.83. The lowest BCUT2D eigenvalue weighted by molar-refractivity contribution is -0.384. The molecule has 0 heterocycles. The summed E-state index contributed by atoms with van der Waals surface area (Å²) in [6.07, 6.45) is 0.642. The number of nitro benzene ring substituents is 1. The van der Waals surface area contributed by atoms with Crippen LogP contribution in [0.1, 0.15) is 18.9 Å². The van der Waals surface area contributed by atoms with Crippen molar-refractivity contribution in [3.05, 3.63) is 39.9 Å². The summed E-state index contributed by atoms with van der Waals surface area (Å²) in [4.78, 5) is 21.5. The van der Waals surface area contributed by atoms with Crippen LogP contribution in [0.25, 0.3) is 0 Å². The van der Waals surface area contributed by atoms with E-state index in [2.05, 4.69) is 10.6 Å². The molecule has 0 fully saturated rings. The van der Waals surface area contributed by atoms with E-state index in [1.807, 2.05) is 6.92 Å². The fourth-order valence-electron chi connectivity index (χ4n) is 1.57. The highest BCUT2D eigenvalue weighted by Gasteiger charge is 2.06. The van der Waals surface area contributed by atoms with Gasteiger partial charge in [-0.25, -0.2) is 4.79 Å². The Labute approximate surface area is 117 Å². The van der Waals surface area contributed by atoms with Crippen LogP contribution in [-0.4, -0.2) is 29.2 Å². The molecule has 1 atom stereocenters. The molecule has 0 aliphatic rings. The Morgan fingerprint density at radius 1 is 1.35 bits per heavy atom. The van der Waals surface area contributed by atoms with Gasteiger partial charge in [0.2, 0.25) is 0 Å². The van der Waals surface area contributed by atoms with E-state index in [0.717, 1.165) is 5.56 Å². The van der Waals surface area contributed by atoms with E-state index >= 15 is 0 Å². The Balaban J connectivity index is 2.32. The molecule has 0 spiro atoms. The SMILES string of the molecule is CC(CCO)CNC(=O)NCc1ccc([N+](=O)[O-])cc1. The Morgan fingerprint density at radius 2 is 2.00 bits per heavy atom. The second-order valence-electron chi connectivity index (χ2n) is 4.60. The van der Waals surface area contributed by atoms with Gasteiger partial charge in [-0.1, -0.05) is 19.1 Å². The summed E-state index contributed by atoms with van der Waals surface area (Å²) in [5.41, 5.74) is 0.810. The van der Waals surface area contributed by atoms with E-state index in [0.29, 0.717) is 19.5 Å². The number of urea groups is 1. The number of rotatable bonds is 7. The van der Waals surface area contributed by atoms with Crippen molar-refractivity contribution in [1.82, 2.24) is 10.6 Å². The van der Waals surface area contributed by atoms with Crippen LogP contribution in [0.2, 0.25) is 0 Å². The Morgan fingerprint density at radius 3 is 2.55 bits per heavy atom. The average molecular weight is 281 g/mol. The van der Waals surface area contributed by atoms with Crippen molar-refractivity contribution in [1.29, 1.82) is 0 Å². The maximum atomic E-state index is 11.5. The fraction of sp³-hybridized carbons (Fsp3) is 0.462. The average Bonchev–Trinajstić information content (AvgIpc) is 2.43. The van der Waals surface area contributed by atoms with Crippen LogP contribution >= 0.6 is 0 Å². The molecule has 1 aromatic rings. The van der Waals surface area contributed by atoms with Crippen molar-refractivity contribution >= 4 is 11.7 Å². The van der Waals surface area contributed by atoms with Gasteiger partial charge in [0.15, 0.2) is 0 Å². The molecule has 7 nitrogen and oxygen atoms in total. The normalized spacial score (nSPS) is 11.7. The predicted octanol–water partition coefficient (Wildman–Crippen LogP) is 1.41. The number of carbonyl (C=O) groups excluding carboxylic acids is 1. The number of hydrogen-bond acceptors (Lipinski definition) is 4. The molecule has 0 radical (unpaired) electrons. The van der Waals surface area contributed by atoms with Crippen LogP contribution < -0.4 is 10.6 Å². The molecule has 2 amide bonds. The molecule has 3 N–H and O–H groups in total. The summed E-state index contributed by atoms with van der Waals surface area (Å²) in [7, 11) is 0. The molecular weight excluding hydrogens is 262 g/mol. The highest BCUT2D eigenvalue weighted by atomic mass is 16.6. The van der Waals surface area contributed by atoms with E-state index in [1.165, 1.54) is 12.1 Å². The topological polar surface area (TPSA) is 104 Å². The Bertz CT molecular complexity index is 447. The van der Waals surface area contributed by atoms with E-state index < -0.39 is 4.92 Å². The summed E-state index contributed by atoms with van der Waals surface area (Å²) in [5, 5.41) is 24.6. The molecular formula is C13H19N3O4. The minimum absolute atomic E-state index is 0.0241. The monoisotopic (exact) mass is 281 g/mol. The zero-order chi connectivity index (χ0) is 15.0. The second-order valence-corrected chi connectivity index (χ2v) is 4.60. The Kier molecular flexibility index (Phi) is 6.45. The van der Waals surface area contributed by atoms with Gasteiger partial charge in [0.1, 0.15) is 0 Å². The number of aliphatic hydroxyl groups excluding tert-OH is 1. The molecule has 1 aromatic carbocycles. The van der Waals surface area contributed by atoms with Crippen LogP contribution in [-0.2, 0) is 6.54 Å². The molecule has 0 aromatic heterocycles. The molecule has 20 heavy (non-hydrogen) atoms. The highest BCUT2D eigenvalue weighted by Crippen LogP contribution is 2.11. The quantitative estimate of drug-likeness (QED) is 0.519. The minimum atomic E-state index is -0.466. The van der Waals surface area contributed by atoms with Gasteiger partial charge in [0.05, 0.1) is 4.92 Å². The number of nitrogens with zero attached hydrogens (tertiary/aromatic N) is 1. The summed E-state index contributed by atoms with van der Waals surface area (Å²) in [6, 6.07) is 5.71. The standard InChI is InChI=1S/C13H19N3O4/c1-10(6-7-17)8-14-13(18)15-9-11-2-4-12(5-3-11)16(19)20/h2-5,10,17H,6-9H2,1H3,(H2,14,15,18). The fourth-order valence-corrected chi connectivity index (χ4v) is 1.57. The van der Waals surface area contributed by atoms with Gasteiger partial charge in [-0.2, -0.15) is 0 Å². The number of nitrogens with one attached hydrogen (secondary N) is 2. The van der Waals surface area contributed by atoms with Gasteiger partial charge in [-0.05, 0) is 17.9 Å². The van der Waals surface area contributed by atoms with Gasteiger partial charge in [0.25, 0.3) is 5.69 Å². The number of hydrogen-bond donors (Lipinski definition) is 3. The zero-order valence-corrected chi connectivity index (χ0v) is 11.3. The molecule has 0 saturated heterocycles. The molecule has 7 heteroatoms. The van der Waals surface area contributed by atoms with Gasteiger partial charge < -0.3 is 15.7 Å². The first-order valence-corrected chi connectivity index (χ1v) is 6.38. The molecule has 0 bridgehead atoms. The zero-order valence-electron chi connectivity index (χ0n) is 11.3. The third kappa shape index (κ3) is 5.66. The first-order valence-electron chi connectivity index (χ1n) is 6.38. The van der Waals surface area contributed by atoms with E-state index in [1.54, 1.807) is 12.1 Å². The second kappa shape index (κ2) is 8.11. The van der Waals surface area contributed by atoms with Gasteiger partial charge in [0, 0.05) is 31.8 Å². The molecule has 110 valence electrons. The van der Waals surface area contributed by atoms with Crippen LogP contribution in [0, 0.1) is 16.0 Å². The van der Waals surface area contributed by atoms with Crippen LogP contribution in [0.4, 0.5) is 10.5 Å². The van der Waals surface area contributed by atoms with Crippen LogP contribution in [0.5, 0.6) is 0 Å². The maximum absolute atomic E-state index is 11.5. The van der Waals surface area contributed by atoms with Gasteiger partial charge in [-0.3, -0.25) is 10.1 Å². The first-order chi connectivity index (χ1) is 9.52.